The smallest absolute Gasteiger partial charge is 0.338 e. The molecule has 3 rings (SSSR count). The maximum absolute atomic E-state index is 13.2. The highest BCUT2D eigenvalue weighted by molar-refractivity contribution is 6.04. The Balaban J connectivity index is 2.26. The van der Waals surface area contributed by atoms with E-state index in [0.717, 1.165) is 0 Å². The fourth-order valence-corrected chi connectivity index (χ4v) is 3.50. The van der Waals surface area contributed by atoms with Crippen LogP contribution >= 0.6 is 0 Å². The standard InChI is InChI=1S/C23H25N3O7/c1-5-32-21-16(26(29)30)11-15(12-17(21)31-4)20-18(22(27)33-13(2)3)19(24-23(28)25-20)14-9-7-6-8-10-14/h6-13,20H,5H2,1-4H3,(H2,24,25,28). The molecule has 0 saturated carbocycles. The first-order valence-electron chi connectivity index (χ1n) is 10.3. The third-order valence-corrected chi connectivity index (χ3v) is 4.79. The molecular weight excluding hydrogens is 430 g/mol. The van der Waals surface area contributed by atoms with Crippen LogP contribution in [0.4, 0.5) is 10.5 Å². The lowest BCUT2D eigenvalue weighted by atomic mass is 9.92. The van der Waals surface area contributed by atoms with Gasteiger partial charge in [-0.15, -0.1) is 0 Å². The van der Waals surface area contributed by atoms with Gasteiger partial charge in [0, 0.05) is 6.07 Å². The van der Waals surface area contributed by atoms with Crippen molar-refractivity contribution >= 4 is 23.4 Å². The number of carbonyl (C=O) groups excluding carboxylic acids is 2. The Labute approximate surface area is 190 Å². The molecule has 1 heterocycles. The number of rotatable bonds is 8. The molecule has 0 fully saturated rings. The number of urea groups is 1. The summed E-state index contributed by atoms with van der Waals surface area (Å²) in [6.45, 7) is 5.29. The molecule has 33 heavy (non-hydrogen) atoms. The molecule has 1 aliphatic rings. The van der Waals surface area contributed by atoms with Crippen LogP contribution in [0.25, 0.3) is 5.70 Å². The van der Waals surface area contributed by atoms with Crippen LogP contribution in [0.5, 0.6) is 11.5 Å². The highest BCUT2D eigenvalue weighted by Gasteiger charge is 2.37. The average Bonchev–Trinajstić information content (AvgIpc) is 2.78. The van der Waals surface area contributed by atoms with Gasteiger partial charge in [0.2, 0.25) is 5.75 Å². The first kappa shape index (κ1) is 23.6. The summed E-state index contributed by atoms with van der Waals surface area (Å²) in [6, 6.07) is 9.96. The van der Waals surface area contributed by atoms with Crippen molar-refractivity contribution in [3.63, 3.8) is 0 Å². The molecule has 2 aromatic carbocycles. The predicted octanol–water partition coefficient (Wildman–Crippen LogP) is 3.72. The van der Waals surface area contributed by atoms with Gasteiger partial charge in [-0.05, 0) is 38.0 Å². The van der Waals surface area contributed by atoms with Crippen molar-refractivity contribution in [2.24, 2.45) is 0 Å². The van der Waals surface area contributed by atoms with Crippen LogP contribution in [0.2, 0.25) is 0 Å². The van der Waals surface area contributed by atoms with Crippen LogP contribution < -0.4 is 20.1 Å². The first-order chi connectivity index (χ1) is 15.8. The number of nitro benzene ring substituents is 1. The molecule has 1 atom stereocenters. The van der Waals surface area contributed by atoms with E-state index in [9.17, 15) is 19.7 Å². The van der Waals surface area contributed by atoms with Gasteiger partial charge in [0.05, 0.1) is 42.1 Å². The molecule has 2 N–H and O–H groups in total. The summed E-state index contributed by atoms with van der Waals surface area (Å²) < 4.78 is 16.2. The van der Waals surface area contributed by atoms with Crippen LogP contribution in [0.15, 0.2) is 48.0 Å². The molecule has 10 nitrogen and oxygen atoms in total. The summed E-state index contributed by atoms with van der Waals surface area (Å²) in [6.07, 6.45) is -0.426. The first-order valence-corrected chi connectivity index (χ1v) is 10.3. The molecule has 0 radical (unpaired) electrons. The number of nitro groups is 1. The van der Waals surface area contributed by atoms with Crippen molar-refractivity contribution in [1.29, 1.82) is 0 Å². The second kappa shape index (κ2) is 10.0. The van der Waals surface area contributed by atoms with E-state index >= 15 is 0 Å². The number of ether oxygens (including phenoxy) is 3. The van der Waals surface area contributed by atoms with E-state index in [4.69, 9.17) is 14.2 Å². The van der Waals surface area contributed by atoms with Gasteiger partial charge in [0.15, 0.2) is 5.75 Å². The van der Waals surface area contributed by atoms with E-state index < -0.39 is 29.1 Å². The topological polar surface area (TPSA) is 129 Å². The van der Waals surface area contributed by atoms with Crippen LogP contribution in [0.3, 0.4) is 0 Å². The minimum absolute atomic E-state index is 0.0346. The van der Waals surface area contributed by atoms with Crippen LogP contribution in [-0.4, -0.2) is 36.7 Å². The van der Waals surface area contributed by atoms with Gasteiger partial charge < -0.3 is 24.8 Å². The number of carbonyl (C=O) groups is 2. The van der Waals surface area contributed by atoms with Gasteiger partial charge in [-0.25, -0.2) is 9.59 Å². The SMILES string of the molecule is CCOc1c(OC)cc(C2NC(=O)NC(c3ccccc3)=C2C(=O)OC(C)C)cc1[N+](=O)[O-]. The largest absolute Gasteiger partial charge is 0.493 e. The predicted molar refractivity (Wildman–Crippen MR) is 120 cm³/mol. The lowest BCUT2D eigenvalue weighted by Crippen LogP contribution is -2.45. The molecule has 2 aromatic rings. The molecule has 2 amide bonds. The van der Waals surface area contributed by atoms with Gasteiger partial charge in [0.25, 0.3) is 0 Å². The highest BCUT2D eigenvalue weighted by atomic mass is 16.6. The normalized spacial score (nSPS) is 15.5. The Kier molecular flexibility index (Phi) is 7.17. The zero-order chi connectivity index (χ0) is 24.1. The second-order valence-electron chi connectivity index (χ2n) is 7.40. The quantitative estimate of drug-likeness (QED) is 0.353. The Hall–Kier alpha value is -4.08. The van der Waals surface area contributed by atoms with Crippen molar-refractivity contribution in [3.05, 3.63) is 69.3 Å². The number of nitrogens with zero attached hydrogens (tertiary/aromatic N) is 1. The van der Waals surface area contributed by atoms with E-state index in [-0.39, 0.29) is 40.6 Å². The Morgan fingerprint density at radius 2 is 1.91 bits per heavy atom. The fraction of sp³-hybridized carbons (Fsp3) is 0.304. The molecule has 174 valence electrons. The van der Waals surface area contributed by atoms with Gasteiger partial charge in [-0.3, -0.25) is 10.1 Å². The van der Waals surface area contributed by atoms with Gasteiger partial charge in [0.1, 0.15) is 0 Å². The third-order valence-electron chi connectivity index (χ3n) is 4.79. The maximum atomic E-state index is 13.2. The summed E-state index contributed by atoms with van der Waals surface area (Å²) in [7, 11) is 1.35. The summed E-state index contributed by atoms with van der Waals surface area (Å²) in [5, 5.41) is 17.1. The van der Waals surface area contributed by atoms with Crippen LogP contribution in [0, 0.1) is 10.1 Å². The minimum atomic E-state index is -1.04. The number of benzene rings is 2. The zero-order valence-corrected chi connectivity index (χ0v) is 18.7. The Bertz CT molecular complexity index is 1100. The molecule has 0 spiro atoms. The molecule has 0 aliphatic carbocycles. The molecule has 10 heteroatoms. The van der Waals surface area contributed by atoms with Gasteiger partial charge in [-0.2, -0.15) is 0 Å². The molecular formula is C23H25N3O7. The third kappa shape index (κ3) is 5.05. The summed E-state index contributed by atoms with van der Waals surface area (Å²) in [5.41, 5.74) is 0.860. The Morgan fingerprint density at radius 1 is 1.21 bits per heavy atom. The average molecular weight is 455 g/mol. The number of methoxy groups -OCH3 is 1. The van der Waals surface area contributed by atoms with E-state index in [0.29, 0.717) is 5.56 Å². The number of hydrogen-bond acceptors (Lipinski definition) is 7. The van der Waals surface area contributed by atoms with Crippen molar-refractivity contribution in [2.75, 3.05) is 13.7 Å². The zero-order valence-electron chi connectivity index (χ0n) is 18.7. The second-order valence-corrected chi connectivity index (χ2v) is 7.40. The molecule has 1 unspecified atom stereocenters. The molecule has 0 bridgehead atoms. The monoisotopic (exact) mass is 455 g/mol. The van der Waals surface area contributed by atoms with E-state index in [2.05, 4.69) is 10.6 Å². The minimum Gasteiger partial charge on any atom is -0.493 e. The number of amides is 2. The summed E-state index contributed by atoms with van der Waals surface area (Å²) in [4.78, 5) is 36.9. The number of nitrogens with one attached hydrogen (secondary N) is 2. The van der Waals surface area contributed by atoms with Crippen molar-refractivity contribution in [3.8, 4) is 11.5 Å². The van der Waals surface area contributed by atoms with Crippen LogP contribution in [-0.2, 0) is 9.53 Å². The van der Waals surface area contributed by atoms with Crippen molar-refractivity contribution in [1.82, 2.24) is 10.6 Å². The van der Waals surface area contributed by atoms with Gasteiger partial charge in [-0.1, -0.05) is 30.3 Å². The number of hydrogen-bond donors (Lipinski definition) is 2. The lowest BCUT2D eigenvalue weighted by Gasteiger charge is -2.30. The van der Waals surface area contributed by atoms with Crippen LogP contribution in [0.1, 0.15) is 37.9 Å². The highest BCUT2D eigenvalue weighted by Crippen LogP contribution is 2.42. The summed E-state index contributed by atoms with van der Waals surface area (Å²) >= 11 is 0. The molecule has 1 aliphatic heterocycles. The van der Waals surface area contributed by atoms with E-state index in [1.807, 2.05) is 0 Å². The van der Waals surface area contributed by atoms with Crippen molar-refractivity contribution in [2.45, 2.75) is 32.9 Å². The number of esters is 1. The molecule has 0 saturated heterocycles. The Morgan fingerprint density at radius 3 is 2.48 bits per heavy atom. The van der Waals surface area contributed by atoms with Crippen molar-refractivity contribution < 1.29 is 28.7 Å². The lowest BCUT2D eigenvalue weighted by molar-refractivity contribution is -0.386. The molecule has 0 aromatic heterocycles. The summed E-state index contributed by atoms with van der Waals surface area (Å²) in [5.74, 6) is -0.601. The fourth-order valence-electron chi connectivity index (χ4n) is 3.50. The van der Waals surface area contributed by atoms with E-state index in [1.54, 1.807) is 51.1 Å². The maximum Gasteiger partial charge on any atom is 0.338 e. The van der Waals surface area contributed by atoms with E-state index in [1.165, 1.54) is 19.2 Å². The van der Waals surface area contributed by atoms with Gasteiger partial charge >= 0.3 is 17.7 Å².